The van der Waals surface area contributed by atoms with E-state index in [4.69, 9.17) is 10.5 Å². The highest BCUT2D eigenvalue weighted by Crippen LogP contribution is 2.17. The number of aliphatic hydroxyl groups is 1. The average molecular weight is 581 g/mol. The minimum absolute atomic E-state index is 0.0734. The van der Waals surface area contributed by atoms with Crippen LogP contribution in [0.3, 0.4) is 0 Å². The number of carbonyl (C=O) groups excluding carboxylic acids is 3. The molecule has 0 spiro atoms. The van der Waals surface area contributed by atoms with E-state index in [-0.39, 0.29) is 29.1 Å². The SMILES string of the molecule is CCCN(CCC)C(=O)c1cc(C(N)=O)cc(C(=O)NC(Cc2cccs2)C(O)CNCc2cccc(OC)c2)c1. The summed E-state index contributed by atoms with van der Waals surface area (Å²) in [6, 6.07) is 15.2. The molecule has 1 heterocycles. The molecule has 0 saturated carbocycles. The quantitative estimate of drug-likeness (QED) is 0.205. The Morgan fingerprint density at radius 2 is 1.71 bits per heavy atom. The van der Waals surface area contributed by atoms with Gasteiger partial charge in [0.05, 0.1) is 19.3 Å². The Balaban J connectivity index is 1.79. The van der Waals surface area contributed by atoms with Gasteiger partial charge in [0.25, 0.3) is 11.8 Å². The van der Waals surface area contributed by atoms with Crippen LogP contribution in [0, 0.1) is 0 Å². The van der Waals surface area contributed by atoms with Gasteiger partial charge < -0.3 is 31.1 Å². The van der Waals surface area contributed by atoms with Gasteiger partial charge in [-0.1, -0.05) is 32.0 Å². The number of rotatable bonds is 16. The summed E-state index contributed by atoms with van der Waals surface area (Å²) in [5.41, 5.74) is 6.98. The maximum absolute atomic E-state index is 13.5. The fraction of sp³-hybridized carbons (Fsp3) is 0.387. The number of nitrogens with one attached hydrogen (secondary N) is 2. The molecule has 41 heavy (non-hydrogen) atoms. The first-order valence-corrected chi connectivity index (χ1v) is 14.7. The second kappa shape index (κ2) is 15.9. The maximum atomic E-state index is 13.5. The second-order valence-corrected chi connectivity index (χ2v) is 10.9. The van der Waals surface area contributed by atoms with Gasteiger partial charge in [0, 0.05) is 54.2 Å². The number of amides is 3. The smallest absolute Gasteiger partial charge is 0.253 e. The van der Waals surface area contributed by atoms with Crippen molar-refractivity contribution in [3.05, 3.63) is 87.1 Å². The molecule has 0 aliphatic carbocycles. The summed E-state index contributed by atoms with van der Waals surface area (Å²) in [5.74, 6) is -0.754. The Bertz CT molecular complexity index is 1290. The fourth-order valence-electron chi connectivity index (χ4n) is 4.53. The van der Waals surface area contributed by atoms with Crippen molar-refractivity contribution >= 4 is 29.1 Å². The maximum Gasteiger partial charge on any atom is 0.253 e. The molecule has 2 atom stereocenters. The minimum atomic E-state index is -0.920. The van der Waals surface area contributed by atoms with Crippen LogP contribution in [0.2, 0.25) is 0 Å². The lowest BCUT2D eigenvalue weighted by Crippen LogP contribution is -2.48. The number of ether oxygens (including phenoxy) is 1. The lowest BCUT2D eigenvalue weighted by molar-refractivity contribution is 0.0755. The fourth-order valence-corrected chi connectivity index (χ4v) is 5.30. The van der Waals surface area contributed by atoms with Gasteiger partial charge in [0.15, 0.2) is 0 Å². The Hall–Kier alpha value is -3.73. The number of primary amides is 1. The van der Waals surface area contributed by atoms with E-state index in [1.54, 1.807) is 12.0 Å². The highest BCUT2D eigenvalue weighted by atomic mass is 32.1. The molecule has 9 nitrogen and oxygen atoms in total. The molecule has 220 valence electrons. The molecule has 0 fully saturated rings. The number of nitrogens with two attached hydrogens (primary N) is 1. The number of nitrogens with zero attached hydrogens (tertiary/aromatic N) is 1. The second-order valence-electron chi connectivity index (χ2n) is 9.87. The summed E-state index contributed by atoms with van der Waals surface area (Å²) in [6.07, 6.45) is 1.05. The van der Waals surface area contributed by atoms with Crippen LogP contribution < -0.4 is 21.1 Å². The molecular formula is C31H40N4O5S. The standard InChI is InChI=1S/C31H40N4O5S/c1-4-11-35(12-5-2)31(39)24-16-22(29(32)37)15-23(17-24)30(38)34-27(18-26-10-7-13-41-26)28(36)20-33-19-21-8-6-9-25(14-21)40-3/h6-10,13-17,27-28,33,36H,4-5,11-12,18-20H2,1-3H3,(H2,32,37)(H,34,38). The molecule has 3 aromatic rings. The summed E-state index contributed by atoms with van der Waals surface area (Å²) in [4.78, 5) is 41.6. The van der Waals surface area contributed by atoms with Crippen LogP contribution >= 0.6 is 11.3 Å². The molecule has 2 unspecified atom stereocenters. The third-order valence-corrected chi connectivity index (χ3v) is 7.50. The van der Waals surface area contributed by atoms with Gasteiger partial charge in [0.1, 0.15) is 5.75 Å². The van der Waals surface area contributed by atoms with Crippen molar-refractivity contribution in [2.24, 2.45) is 5.73 Å². The highest BCUT2D eigenvalue weighted by molar-refractivity contribution is 7.09. The molecule has 3 amide bonds. The topological polar surface area (TPSA) is 134 Å². The summed E-state index contributed by atoms with van der Waals surface area (Å²) in [6.45, 7) is 5.83. The van der Waals surface area contributed by atoms with Crippen LogP contribution in [0.25, 0.3) is 0 Å². The molecule has 3 rings (SSSR count). The van der Waals surface area contributed by atoms with Gasteiger partial charge >= 0.3 is 0 Å². The van der Waals surface area contributed by atoms with Crippen LogP contribution in [0.1, 0.15) is 68.2 Å². The molecule has 1 aromatic heterocycles. The largest absolute Gasteiger partial charge is 0.497 e. The zero-order chi connectivity index (χ0) is 29.8. The number of hydrogen-bond acceptors (Lipinski definition) is 7. The first-order chi connectivity index (χ1) is 19.7. The van der Waals surface area contributed by atoms with E-state index in [0.29, 0.717) is 26.1 Å². The van der Waals surface area contributed by atoms with Crippen LogP contribution in [0.5, 0.6) is 5.75 Å². The molecular weight excluding hydrogens is 540 g/mol. The van der Waals surface area contributed by atoms with E-state index < -0.39 is 24.0 Å². The van der Waals surface area contributed by atoms with Gasteiger partial charge in [0.2, 0.25) is 5.91 Å². The first-order valence-electron chi connectivity index (χ1n) is 13.8. The minimum Gasteiger partial charge on any atom is -0.497 e. The van der Waals surface area contributed by atoms with E-state index in [1.807, 2.05) is 55.6 Å². The van der Waals surface area contributed by atoms with Crippen molar-refractivity contribution in [3.8, 4) is 5.75 Å². The van der Waals surface area contributed by atoms with Crippen LogP contribution in [0.4, 0.5) is 0 Å². The Kier molecular flexibility index (Phi) is 12.3. The highest BCUT2D eigenvalue weighted by Gasteiger charge is 2.25. The molecule has 0 aliphatic heterocycles. The van der Waals surface area contributed by atoms with Crippen molar-refractivity contribution in [1.29, 1.82) is 0 Å². The average Bonchev–Trinajstić information content (AvgIpc) is 3.49. The third kappa shape index (κ3) is 9.41. The number of thiophene rings is 1. The lowest BCUT2D eigenvalue weighted by atomic mass is 10.0. The number of hydrogen-bond donors (Lipinski definition) is 4. The molecule has 5 N–H and O–H groups in total. The normalized spacial score (nSPS) is 12.4. The monoisotopic (exact) mass is 580 g/mol. The molecule has 0 radical (unpaired) electrons. The number of carbonyl (C=O) groups is 3. The zero-order valence-electron chi connectivity index (χ0n) is 23.9. The molecule has 0 aliphatic rings. The Morgan fingerprint density at radius 3 is 2.34 bits per heavy atom. The number of aliphatic hydroxyl groups excluding tert-OH is 1. The van der Waals surface area contributed by atoms with Crippen molar-refractivity contribution in [3.63, 3.8) is 0 Å². The first kappa shape index (κ1) is 31.8. The predicted molar refractivity (Wildman–Crippen MR) is 161 cm³/mol. The molecule has 10 heteroatoms. The van der Waals surface area contributed by atoms with Gasteiger partial charge in [-0.15, -0.1) is 11.3 Å². The Morgan fingerprint density at radius 1 is 1.00 bits per heavy atom. The van der Waals surface area contributed by atoms with Crippen molar-refractivity contribution in [2.45, 2.75) is 51.8 Å². The van der Waals surface area contributed by atoms with Gasteiger partial charge in [-0.2, -0.15) is 0 Å². The van der Waals surface area contributed by atoms with Gasteiger partial charge in [-0.3, -0.25) is 14.4 Å². The van der Waals surface area contributed by atoms with Crippen molar-refractivity contribution in [1.82, 2.24) is 15.5 Å². The molecule has 2 aromatic carbocycles. The van der Waals surface area contributed by atoms with E-state index in [2.05, 4.69) is 10.6 Å². The molecule has 0 saturated heterocycles. The molecule has 0 bridgehead atoms. The van der Waals surface area contributed by atoms with E-state index in [1.165, 1.54) is 29.5 Å². The van der Waals surface area contributed by atoms with Crippen LogP contribution in [-0.4, -0.2) is 66.6 Å². The van der Waals surface area contributed by atoms with E-state index >= 15 is 0 Å². The van der Waals surface area contributed by atoms with Crippen LogP contribution in [-0.2, 0) is 13.0 Å². The summed E-state index contributed by atoms with van der Waals surface area (Å²) in [5, 5.41) is 19.2. The number of methoxy groups -OCH3 is 1. The van der Waals surface area contributed by atoms with E-state index in [0.717, 1.165) is 29.0 Å². The van der Waals surface area contributed by atoms with Crippen molar-refractivity contribution in [2.75, 3.05) is 26.7 Å². The van der Waals surface area contributed by atoms with Gasteiger partial charge in [-0.25, -0.2) is 0 Å². The predicted octanol–water partition coefficient (Wildman–Crippen LogP) is 3.61. The Labute approximate surface area is 245 Å². The van der Waals surface area contributed by atoms with E-state index in [9.17, 15) is 19.5 Å². The summed E-state index contributed by atoms with van der Waals surface area (Å²) < 4.78 is 5.27. The summed E-state index contributed by atoms with van der Waals surface area (Å²) in [7, 11) is 1.61. The lowest BCUT2D eigenvalue weighted by Gasteiger charge is -2.25. The summed E-state index contributed by atoms with van der Waals surface area (Å²) >= 11 is 1.53. The van der Waals surface area contributed by atoms with Gasteiger partial charge in [-0.05, 0) is 60.2 Å². The third-order valence-electron chi connectivity index (χ3n) is 6.60. The zero-order valence-corrected chi connectivity index (χ0v) is 24.7. The van der Waals surface area contributed by atoms with Crippen LogP contribution in [0.15, 0.2) is 60.0 Å². The van der Waals surface area contributed by atoms with Crippen molar-refractivity contribution < 1.29 is 24.2 Å². The number of benzene rings is 2.